The molecule has 0 heterocycles. The van der Waals surface area contributed by atoms with Crippen LogP contribution in [0.2, 0.25) is 0 Å². The van der Waals surface area contributed by atoms with E-state index < -0.39 is 0 Å². The van der Waals surface area contributed by atoms with Gasteiger partial charge in [0.05, 0.1) is 6.61 Å². The molecule has 0 bridgehead atoms. The average molecular weight is 263 g/mol. The number of anilines is 1. The molecule has 0 unspecified atom stereocenters. The summed E-state index contributed by atoms with van der Waals surface area (Å²) in [7, 11) is 0. The van der Waals surface area contributed by atoms with Gasteiger partial charge in [0, 0.05) is 25.2 Å². The number of benzene rings is 1. The van der Waals surface area contributed by atoms with Gasteiger partial charge in [0.1, 0.15) is 0 Å². The molecule has 0 aromatic heterocycles. The SMILES string of the molecule is CCCCN(CCCC(=O)OCC)c1ccccc1. The molecule has 3 heteroatoms. The normalized spacial score (nSPS) is 10.2. The maximum absolute atomic E-state index is 11.3. The minimum absolute atomic E-state index is 0.0917. The lowest BCUT2D eigenvalue weighted by Crippen LogP contribution is -2.26. The summed E-state index contributed by atoms with van der Waals surface area (Å²) in [6.45, 7) is 6.46. The Bertz CT molecular complexity index is 351. The van der Waals surface area contributed by atoms with E-state index >= 15 is 0 Å². The molecule has 3 nitrogen and oxygen atoms in total. The molecule has 0 spiro atoms. The fourth-order valence-electron chi connectivity index (χ4n) is 2.01. The van der Waals surface area contributed by atoms with E-state index in [2.05, 4.69) is 36.1 Å². The molecule has 1 aromatic carbocycles. The van der Waals surface area contributed by atoms with E-state index in [4.69, 9.17) is 4.74 Å². The molecule has 0 fully saturated rings. The number of carbonyl (C=O) groups is 1. The molecule has 0 amide bonds. The van der Waals surface area contributed by atoms with Gasteiger partial charge in [0.15, 0.2) is 0 Å². The lowest BCUT2D eigenvalue weighted by Gasteiger charge is -2.24. The molecule has 106 valence electrons. The van der Waals surface area contributed by atoms with Crippen molar-refractivity contribution in [1.82, 2.24) is 0 Å². The third-order valence-electron chi connectivity index (χ3n) is 3.02. The first kappa shape index (κ1) is 15.5. The molecular weight excluding hydrogens is 238 g/mol. The van der Waals surface area contributed by atoms with Crippen molar-refractivity contribution in [3.8, 4) is 0 Å². The van der Waals surface area contributed by atoms with Crippen LogP contribution < -0.4 is 4.90 Å². The summed E-state index contributed by atoms with van der Waals surface area (Å²) >= 11 is 0. The molecule has 0 atom stereocenters. The molecule has 0 saturated heterocycles. The van der Waals surface area contributed by atoms with E-state index in [0.717, 1.165) is 19.5 Å². The van der Waals surface area contributed by atoms with Crippen LogP contribution in [0.1, 0.15) is 39.5 Å². The first-order valence-corrected chi connectivity index (χ1v) is 7.23. The van der Waals surface area contributed by atoms with Crippen LogP contribution in [0.3, 0.4) is 0 Å². The van der Waals surface area contributed by atoms with E-state index in [1.54, 1.807) is 0 Å². The topological polar surface area (TPSA) is 29.5 Å². The lowest BCUT2D eigenvalue weighted by molar-refractivity contribution is -0.143. The molecule has 0 saturated carbocycles. The highest BCUT2D eigenvalue weighted by molar-refractivity contribution is 5.69. The van der Waals surface area contributed by atoms with E-state index in [0.29, 0.717) is 13.0 Å². The van der Waals surface area contributed by atoms with Crippen LogP contribution in [-0.4, -0.2) is 25.7 Å². The van der Waals surface area contributed by atoms with Crippen LogP contribution in [-0.2, 0) is 9.53 Å². The van der Waals surface area contributed by atoms with Gasteiger partial charge in [0.2, 0.25) is 0 Å². The lowest BCUT2D eigenvalue weighted by atomic mass is 10.2. The number of nitrogens with zero attached hydrogens (tertiary/aromatic N) is 1. The third kappa shape index (κ3) is 6.27. The molecule has 0 N–H and O–H groups in total. The van der Waals surface area contributed by atoms with Gasteiger partial charge in [-0.3, -0.25) is 4.79 Å². The van der Waals surface area contributed by atoms with E-state index in [9.17, 15) is 4.79 Å². The Labute approximate surface area is 116 Å². The minimum atomic E-state index is -0.0917. The van der Waals surface area contributed by atoms with Crippen molar-refractivity contribution in [2.45, 2.75) is 39.5 Å². The number of rotatable bonds is 9. The fourth-order valence-corrected chi connectivity index (χ4v) is 2.01. The molecule has 1 rings (SSSR count). The summed E-state index contributed by atoms with van der Waals surface area (Å²) in [4.78, 5) is 13.7. The van der Waals surface area contributed by atoms with E-state index in [-0.39, 0.29) is 5.97 Å². The number of hydrogen-bond donors (Lipinski definition) is 0. The van der Waals surface area contributed by atoms with Gasteiger partial charge >= 0.3 is 5.97 Å². The van der Waals surface area contributed by atoms with Crippen molar-refractivity contribution in [1.29, 1.82) is 0 Å². The summed E-state index contributed by atoms with van der Waals surface area (Å²) in [5.74, 6) is -0.0917. The Balaban J connectivity index is 2.44. The highest BCUT2D eigenvalue weighted by atomic mass is 16.5. The highest BCUT2D eigenvalue weighted by Gasteiger charge is 2.07. The zero-order valence-electron chi connectivity index (χ0n) is 12.1. The molecule has 1 aromatic rings. The van der Waals surface area contributed by atoms with E-state index in [1.165, 1.54) is 18.5 Å². The second-order valence-corrected chi connectivity index (χ2v) is 4.58. The smallest absolute Gasteiger partial charge is 0.305 e. The average Bonchev–Trinajstić information content (AvgIpc) is 2.44. The molecule has 0 radical (unpaired) electrons. The van der Waals surface area contributed by atoms with Crippen molar-refractivity contribution in [2.24, 2.45) is 0 Å². The van der Waals surface area contributed by atoms with Gasteiger partial charge in [-0.25, -0.2) is 0 Å². The summed E-state index contributed by atoms with van der Waals surface area (Å²) < 4.78 is 4.95. The summed E-state index contributed by atoms with van der Waals surface area (Å²) in [5, 5.41) is 0. The number of carbonyl (C=O) groups excluding carboxylic acids is 1. The maximum Gasteiger partial charge on any atom is 0.305 e. The zero-order valence-corrected chi connectivity index (χ0v) is 12.1. The van der Waals surface area contributed by atoms with Crippen LogP contribution in [0.15, 0.2) is 30.3 Å². The summed E-state index contributed by atoms with van der Waals surface area (Å²) in [5.41, 5.74) is 1.24. The zero-order chi connectivity index (χ0) is 13.9. The Hall–Kier alpha value is -1.51. The van der Waals surface area contributed by atoms with Gasteiger partial charge < -0.3 is 9.64 Å². The summed E-state index contributed by atoms with van der Waals surface area (Å²) in [6.07, 6.45) is 3.70. The first-order chi connectivity index (χ1) is 9.27. The largest absolute Gasteiger partial charge is 0.466 e. The number of unbranched alkanes of at least 4 members (excludes halogenated alkanes) is 1. The Kier molecular flexibility index (Phi) is 7.71. The van der Waals surface area contributed by atoms with Crippen molar-refractivity contribution in [2.75, 3.05) is 24.6 Å². The van der Waals surface area contributed by atoms with Crippen molar-refractivity contribution < 1.29 is 9.53 Å². The van der Waals surface area contributed by atoms with Gasteiger partial charge in [-0.15, -0.1) is 0 Å². The minimum Gasteiger partial charge on any atom is -0.466 e. The second kappa shape index (κ2) is 9.42. The van der Waals surface area contributed by atoms with Gasteiger partial charge in [-0.05, 0) is 31.9 Å². The molecule has 19 heavy (non-hydrogen) atoms. The maximum atomic E-state index is 11.3. The first-order valence-electron chi connectivity index (χ1n) is 7.23. The molecule has 0 aliphatic carbocycles. The second-order valence-electron chi connectivity index (χ2n) is 4.58. The Morgan fingerprint density at radius 2 is 1.79 bits per heavy atom. The molecule has 0 aliphatic rings. The Morgan fingerprint density at radius 1 is 1.11 bits per heavy atom. The fraction of sp³-hybridized carbons (Fsp3) is 0.562. The van der Waals surface area contributed by atoms with Gasteiger partial charge in [-0.2, -0.15) is 0 Å². The Morgan fingerprint density at radius 3 is 2.42 bits per heavy atom. The molecular formula is C16H25NO2. The van der Waals surface area contributed by atoms with Crippen LogP contribution in [0.25, 0.3) is 0 Å². The van der Waals surface area contributed by atoms with Gasteiger partial charge in [-0.1, -0.05) is 31.5 Å². The third-order valence-corrected chi connectivity index (χ3v) is 3.02. The highest BCUT2D eigenvalue weighted by Crippen LogP contribution is 2.15. The van der Waals surface area contributed by atoms with Gasteiger partial charge in [0.25, 0.3) is 0 Å². The van der Waals surface area contributed by atoms with Crippen LogP contribution in [0.5, 0.6) is 0 Å². The van der Waals surface area contributed by atoms with E-state index in [1.807, 2.05) is 13.0 Å². The van der Waals surface area contributed by atoms with Crippen molar-refractivity contribution in [3.05, 3.63) is 30.3 Å². The predicted molar refractivity (Wildman–Crippen MR) is 79.4 cm³/mol. The van der Waals surface area contributed by atoms with Crippen LogP contribution in [0.4, 0.5) is 5.69 Å². The number of ether oxygens (including phenoxy) is 1. The van der Waals surface area contributed by atoms with Crippen LogP contribution in [0, 0.1) is 0 Å². The number of hydrogen-bond acceptors (Lipinski definition) is 3. The van der Waals surface area contributed by atoms with Crippen molar-refractivity contribution >= 4 is 11.7 Å². The quantitative estimate of drug-likeness (QED) is 0.637. The number of para-hydroxylation sites is 1. The number of esters is 1. The molecule has 0 aliphatic heterocycles. The standard InChI is InChI=1S/C16H25NO2/c1-3-5-13-17(15-10-7-6-8-11-15)14-9-12-16(18)19-4-2/h6-8,10-11H,3-5,9,12-14H2,1-2H3. The summed E-state index contributed by atoms with van der Waals surface area (Å²) in [6, 6.07) is 10.4. The predicted octanol–water partition coefficient (Wildman–Crippen LogP) is 3.64. The van der Waals surface area contributed by atoms with Crippen molar-refractivity contribution in [3.63, 3.8) is 0 Å². The van der Waals surface area contributed by atoms with Crippen LogP contribution >= 0.6 is 0 Å². The monoisotopic (exact) mass is 263 g/mol.